The summed E-state index contributed by atoms with van der Waals surface area (Å²) in [5.74, 6) is -1.67. The maximum absolute atomic E-state index is 11.5. The minimum Gasteiger partial charge on any atom is -0.481 e. The maximum Gasteiger partial charge on any atom is 0.307 e. The molecule has 0 spiro atoms. The third-order valence-electron chi connectivity index (χ3n) is 2.78. The van der Waals surface area contributed by atoms with E-state index in [1.165, 1.54) is 0 Å². The number of nitrogens with one attached hydrogen (secondary N) is 1. The van der Waals surface area contributed by atoms with Crippen LogP contribution >= 0.6 is 0 Å². The van der Waals surface area contributed by atoms with Crippen LogP contribution in [-0.2, 0) is 9.59 Å². The Morgan fingerprint density at radius 3 is 2.29 bits per heavy atom. The van der Waals surface area contributed by atoms with Crippen molar-refractivity contribution in [2.24, 2.45) is 11.8 Å². The summed E-state index contributed by atoms with van der Waals surface area (Å²) in [4.78, 5) is 22.0. The summed E-state index contributed by atoms with van der Waals surface area (Å²) < 4.78 is 0. The van der Waals surface area contributed by atoms with Crippen molar-refractivity contribution in [1.82, 2.24) is 5.32 Å². The van der Waals surface area contributed by atoms with E-state index in [0.717, 1.165) is 12.8 Å². The number of hydrogen-bond acceptors (Lipinski definition) is 2. The molecule has 0 aliphatic heterocycles. The van der Waals surface area contributed by atoms with Gasteiger partial charge in [-0.2, -0.15) is 0 Å². The highest BCUT2D eigenvalue weighted by molar-refractivity contribution is 5.89. The molecule has 2 atom stereocenters. The quantitative estimate of drug-likeness (QED) is 0.694. The van der Waals surface area contributed by atoms with Crippen LogP contribution in [0.2, 0.25) is 0 Å². The second-order valence-corrected chi connectivity index (χ2v) is 3.81. The van der Waals surface area contributed by atoms with Crippen LogP contribution in [0.15, 0.2) is 0 Å². The Hall–Kier alpha value is -1.06. The van der Waals surface area contributed by atoms with Gasteiger partial charge in [0.05, 0.1) is 11.8 Å². The van der Waals surface area contributed by atoms with Crippen molar-refractivity contribution in [2.45, 2.75) is 39.2 Å². The van der Waals surface area contributed by atoms with E-state index in [1.807, 2.05) is 13.8 Å². The molecule has 0 heterocycles. The topological polar surface area (TPSA) is 66.4 Å². The molecule has 1 fully saturated rings. The fourth-order valence-corrected chi connectivity index (χ4v) is 1.56. The molecule has 0 saturated heterocycles. The number of aliphatic carboxylic acids is 1. The predicted octanol–water partition coefficient (Wildman–Crippen LogP) is 1.01. The summed E-state index contributed by atoms with van der Waals surface area (Å²) >= 11 is 0. The molecule has 4 heteroatoms. The van der Waals surface area contributed by atoms with Gasteiger partial charge in [-0.25, -0.2) is 0 Å². The summed E-state index contributed by atoms with van der Waals surface area (Å²) in [5, 5.41) is 11.5. The molecule has 0 bridgehead atoms. The van der Waals surface area contributed by atoms with Crippen LogP contribution in [0.1, 0.15) is 33.1 Å². The number of carbonyl (C=O) groups excluding carboxylic acids is 1. The van der Waals surface area contributed by atoms with Gasteiger partial charge in [-0.1, -0.05) is 13.8 Å². The third-order valence-corrected chi connectivity index (χ3v) is 2.78. The van der Waals surface area contributed by atoms with Crippen molar-refractivity contribution in [3.63, 3.8) is 0 Å². The molecule has 4 nitrogen and oxygen atoms in total. The van der Waals surface area contributed by atoms with Crippen LogP contribution in [-0.4, -0.2) is 23.0 Å². The van der Waals surface area contributed by atoms with Crippen LogP contribution in [0.3, 0.4) is 0 Å². The lowest BCUT2D eigenvalue weighted by atomic mass is 10.1. The van der Waals surface area contributed by atoms with Crippen LogP contribution in [0, 0.1) is 11.8 Å². The first-order valence-electron chi connectivity index (χ1n) is 5.13. The Kier molecular flexibility index (Phi) is 3.49. The second kappa shape index (κ2) is 4.44. The third kappa shape index (κ3) is 2.47. The minimum absolute atomic E-state index is 0.0916. The fraction of sp³-hybridized carbons (Fsp3) is 0.800. The van der Waals surface area contributed by atoms with Crippen molar-refractivity contribution < 1.29 is 14.7 Å². The van der Waals surface area contributed by atoms with Gasteiger partial charge in [0.15, 0.2) is 0 Å². The molecule has 1 rings (SSSR count). The van der Waals surface area contributed by atoms with E-state index in [1.54, 1.807) is 0 Å². The SMILES string of the molecule is CCC(CC)NC(=O)[C@@H]1C[C@@H]1C(=O)O. The molecule has 1 aliphatic carbocycles. The molecule has 1 aliphatic rings. The highest BCUT2D eigenvalue weighted by Crippen LogP contribution is 2.38. The van der Waals surface area contributed by atoms with Crippen molar-refractivity contribution in [3.8, 4) is 0 Å². The normalized spacial score (nSPS) is 24.8. The van der Waals surface area contributed by atoms with Crippen molar-refractivity contribution in [1.29, 1.82) is 0 Å². The van der Waals surface area contributed by atoms with E-state index >= 15 is 0 Å². The molecule has 0 unspecified atom stereocenters. The number of rotatable bonds is 5. The number of carboxylic acid groups (broad SMARTS) is 1. The predicted molar refractivity (Wildman–Crippen MR) is 51.7 cm³/mol. The van der Waals surface area contributed by atoms with E-state index in [9.17, 15) is 9.59 Å². The monoisotopic (exact) mass is 199 g/mol. The van der Waals surface area contributed by atoms with Gasteiger partial charge in [0, 0.05) is 6.04 Å². The van der Waals surface area contributed by atoms with Gasteiger partial charge >= 0.3 is 5.97 Å². The average molecular weight is 199 g/mol. The Morgan fingerprint density at radius 2 is 1.93 bits per heavy atom. The standard InChI is InChI=1S/C10H17NO3/c1-3-6(4-2)11-9(12)7-5-8(7)10(13)14/h6-8H,3-5H2,1-2H3,(H,11,12)(H,13,14)/t7-,8+/m1/s1. The van der Waals surface area contributed by atoms with Crippen molar-refractivity contribution >= 4 is 11.9 Å². The van der Waals surface area contributed by atoms with Crippen LogP contribution in [0.5, 0.6) is 0 Å². The molecular formula is C10H17NO3. The van der Waals surface area contributed by atoms with Crippen LogP contribution < -0.4 is 5.32 Å². The van der Waals surface area contributed by atoms with Gasteiger partial charge in [-0.05, 0) is 19.3 Å². The van der Waals surface area contributed by atoms with E-state index in [4.69, 9.17) is 5.11 Å². The van der Waals surface area contributed by atoms with Gasteiger partial charge in [-0.3, -0.25) is 9.59 Å². The van der Waals surface area contributed by atoms with Crippen LogP contribution in [0.25, 0.3) is 0 Å². The zero-order chi connectivity index (χ0) is 10.7. The molecule has 14 heavy (non-hydrogen) atoms. The van der Waals surface area contributed by atoms with E-state index in [2.05, 4.69) is 5.32 Å². The highest BCUT2D eigenvalue weighted by Gasteiger charge is 2.48. The molecule has 0 radical (unpaired) electrons. The molecule has 2 N–H and O–H groups in total. The molecular weight excluding hydrogens is 182 g/mol. The molecule has 0 aromatic heterocycles. The first kappa shape index (κ1) is 11.0. The summed E-state index contributed by atoms with van der Waals surface area (Å²) in [5.41, 5.74) is 0. The highest BCUT2D eigenvalue weighted by atomic mass is 16.4. The molecule has 0 aromatic carbocycles. The maximum atomic E-state index is 11.5. The number of amides is 1. The van der Waals surface area contributed by atoms with Crippen molar-refractivity contribution in [2.75, 3.05) is 0 Å². The molecule has 80 valence electrons. The fourth-order valence-electron chi connectivity index (χ4n) is 1.56. The second-order valence-electron chi connectivity index (χ2n) is 3.81. The number of carboxylic acids is 1. The first-order chi connectivity index (χ1) is 6.60. The molecule has 1 saturated carbocycles. The zero-order valence-corrected chi connectivity index (χ0v) is 8.62. The van der Waals surface area contributed by atoms with Crippen LogP contribution in [0.4, 0.5) is 0 Å². The average Bonchev–Trinajstić information content (AvgIpc) is 2.93. The van der Waals surface area contributed by atoms with Gasteiger partial charge in [0.1, 0.15) is 0 Å². The van der Waals surface area contributed by atoms with Crippen molar-refractivity contribution in [3.05, 3.63) is 0 Å². The molecule has 1 amide bonds. The minimum atomic E-state index is -0.852. The largest absolute Gasteiger partial charge is 0.481 e. The van der Waals surface area contributed by atoms with E-state index in [-0.39, 0.29) is 17.9 Å². The van der Waals surface area contributed by atoms with Gasteiger partial charge in [-0.15, -0.1) is 0 Å². The number of carbonyl (C=O) groups is 2. The van der Waals surface area contributed by atoms with E-state index in [0.29, 0.717) is 6.42 Å². The lowest BCUT2D eigenvalue weighted by Gasteiger charge is -2.14. The Balaban J connectivity index is 2.34. The van der Waals surface area contributed by atoms with Gasteiger partial charge in [0.25, 0.3) is 0 Å². The van der Waals surface area contributed by atoms with Gasteiger partial charge < -0.3 is 10.4 Å². The zero-order valence-electron chi connectivity index (χ0n) is 8.62. The lowest BCUT2D eigenvalue weighted by Crippen LogP contribution is -2.35. The summed E-state index contributed by atoms with van der Waals surface area (Å²) in [6, 6.07) is 0.192. The number of hydrogen-bond donors (Lipinski definition) is 2. The lowest BCUT2D eigenvalue weighted by molar-refractivity contribution is -0.140. The smallest absolute Gasteiger partial charge is 0.307 e. The first-order valence-corrected chi connectivity index (χ1v) is 5.13. The summed E-state index contributed by atoms with van der Waals surface area (Å²) in [6.45, 7) is 4.02. The summed E-state index contributed by atoms with van der Waals surface area (Å²) in [6.07, 6.45) is 2.29. The van der Waals surface area contributed by atoms with E-state index < -0.39 is 11.9 Å². The molecule has 0 aromatic rings. The Bertz CT molecular complexity index is 236. The Labute approximate surface area is 83.7 Å². The van der Waals surface area contributed by atoms with Gasteiger partial charge in [0.2, 0.25) is 5.91 Å². The summed E-state index contributed by atoms with van der Waals surface area (Å²) in [7, 11) is 0. The Morgan fingerprint density at radius 1 is 1.36 bits per heavy atom.